The van der Waals surface area contributed by atoms with Gasteiger partial charge in [0.05, 0.1) is 12.1 Å². The van der Waals surface area contributed by atoms with Crippen molar-refractivity contribution in [1.82, 2.24) is 20.0 Å². The first-order valence-corrected chi connectivity index (χ1v) is 8.97. The maximum atomic E-state index is 6.13. The number of hydrogen-bond donors (Lipinski definition) is 0. The minimum atomic E-state index is 0.245. The van der Waals surface area contributed by atoms with Crippen LogP contribution in [0.5, 0.6) is 5.88 Å². The predicted molar refractivity (Wildman–Crippen MR) is 91.7 cm³/mol. The Balaban J connectivity index is 1.75. The third kappa shape index (κ3) is 4.12. The second-order valence-corrected chi connectivity index (χ2v) is 6.21. The molecule has 2 aromatic rings. The summed E-state index contributed by atoms with van der Waals surface area (Å²) in [7, 11) is 0. The van der Waals surface area contributed by atoms with Crippen LogP contribution in [-0.4, -0.2) is 39.2 Å². The van der Waals surface area contributed by atoms with Gasteiger partial charge >= 0.3 is 0 Å². The number of nitrogens with zero attached hydrogens (tertiary/aromatic N) is 4. The molecule has 2 heterocycles. The highest BCUT2D eigenvalue weighted by molar-refractivity contribution is 5.60. The van der Waals surface area contributed by atoms with Gasteiger partial charge in [0.2, 0.25) is 17.6 Å². The fourth-order valence-corrected chi connectivity index (χ4v) is 3.06. The largest absolute Gasteiger partial charge is 0.474 e. The van der Waals surface area contributed by atoms with Crippen LogP contribution in [-0.2, 0) is 6.54 Å². The Labute approximate surface area is 143 Å². The normalized spacial score (nSPS) is 15.8. The Morgan fingerprint density at radius 1 is 1.21 bits per heavy atom. The first kappa shape index (κ1) is 16.9. The molecular weight excluding hydrogens is 304 g/mol. The van der Waals surface area contributed by atoms with Crippen LogP contribution in [0.1, 0.15) is 51.8 Å². The van der Waals surface area contributed by atoms with Crippen LogP contribution in [0.2, 0.25) is 0 Å². The van der Waals surface area contributed by atoms with Crippen LogP contribution >= 0.6 is 0 Å². The molecule has 0 N–H and O–H groups in total. The van der Waals surface area contributed by atoms with Gasteiger partial charge in [0.25, 0.3) is 0 Å². The Morgan fingerprint density at radius 3 is 2.75 bits per heavy atom. The van der Waals surface area contributed by atoms with Crippen LogP contribution in [0.4, 0.5) is 0 Å². The van der Waals surface area contributed by atoms with Crippen molar-refractivity contribution in [2.75, 3.05) is 13.1 Å². The van der Waals surface area contributed by atoms with Gasteiger partial charge in [-0.1, -0.05) is 25.4 Å². The lowest BCUT2D eigenvalue weighted by Crippen LogP contribution is -2.22. The first-order valence-electron chi connectivity index (χ1n) is 8.97. The van der Waals surface area contributed by atoms with Gasteiger partial charge in [0, 0.05) is 6.20 Å². The molecule has 1 aliphatic carbocycles. The molecular formula is C18H26N4O2. The summed E-state index contributed by atoms with van der Waals surface area (Å²) in [5.74, 6) is 1.79. The lowest BCUT2D eigenvalue weighted by Gasteiger charge is -2.23. The van der Waals surface area contributed by atoms with Gasteiger partial charge in [0.15, 0.2) is 0 Å². The highest BCUT2D eigenvalue weighted by Gasteiger charge is 2.20. The molecule has 6 heteroatoms. The molecule has 0 aromatic carbocycles. The van der Waals surface area contributed by atoms with E-state index in [4.69, 9.17) is 9.26 Å². The first-order chi connectivity index (χ1) is 11.8. The molecule has 0 bridgehead atoms. The van der Waals surface area contributed by atoms with Gasteiger partial charge < -0.3 is 9.26 Å². The number of pyridine rings is 1. The molecule has 0 saturated heterocycles. The molecule has 130 valence electrons. The van der Waals surface area contributed by atoms with Crippen molar-refractivity contribution in [1.29, 1.82) is 0 Å². The van der Waals surface area contributed by atoms with Crippen molar-refractivity contribution in [3.8, 4) is 17.3 Å². The van der Waals surface area contributed by atoms with E-state index in [0.29, 0.717) is 24.1 Å². The molecule has 1 fully saturated rings. The number of aromatic nitrogens is 3. The molecule has 1 saturated carbocycles. The van der Waals surface area contributed by atoms with Gasteiger partial charge in [-0.2, -0.15) is 4.98 Å². The van der Waals surface area contributed by atoms with Crippen molar-refractivity contribution < 1.29 is 9.26 Å². The van der Waals surface area contributed by atoms with Crippen LogP contribution in [0, 0.1) is 0 Å². The van der Waals surface area contributed by atoms with Crippen molar-refractivity contribution >= 4 is 0 Å². The predicted octanol–water partition coefficient (Wildman–Crippen LogP) is 3.68. The van der Waals surface area contributed by atoms with E-state index in [1.54, 1.807) is 6.20 Å². The smallest absolute Gasteiger partial charge is 0.241 e. The van der Waals surface area contributed by atoms with E-state index < -0.39 is 0 Å². The summed E-state index contributed by atoms with van der Waals surface area (Å²) < 4.78 is 11.5. The molecule has 3 rings (SSSR count). The molecule has 2 aromatic heterocycles. The van der Waals surface area contributed by atoms with E-state index in [-0.39, 0.29) is 6.10 Å². The Morgan fingerprint density at radius 2 is 2.00 bits per heavy atom. The standard InChI is InChI=1S/C18H26N4O2/c1-3-22(4-2)13-16-20-17(21-24-16)15-11-8-12-19-18(15)23-14-9-6-5-7-10-14/h8,11-12,14H,3-7,9-10,13H2,1-2H3. The van der Waals surface area contributed by atoms with Gasteiger partial charge in [-0.15, -0.1) is 0 Å². The summed E-state index contributed by atoms with van der Waals surface area (Å²) in [5, 5.41) is 4.13. The zero-order valence-electron chi connectivity index (χ0n) is 14.6. The van der Waals surface area contributed by atoms with Crippen molar-refractivity contribution in [3.63, 3.8) is 0 Å². The SMILES string of the molecule is CCN(CC)Cc1nc(-c2cccnc2OC2CCCCC2)no1. The topological polar surface area (TPSA) is 64.3 Å². The molecule has 0 spiro atoms. The molecule has 24 heavy (non-hydrogen) atoms. The molecule has 0 radical (unpaired) electrons. The summed E-state index contributed by atoms with van der Waals surface area (Å²) in [5.41, 5.74) is 0.803. The minimum absolute atomic E-state index is 0.245. The molecule has 0 amide bonds. The summed E-state index contributed by atoms with van der Waals surface area (Å²) in [4.78, 5) is 11.2. The number of ether oxygens (including phenoxy) is 1. The lowest BCUT2D eigenvalue weighted by atomic mass is 9.98. The van der Waals surface area contributed by atoms with E-state index >= 15 is 0 Å². The fraction of sp³-hybridized carbons (Fsp3) is 0.611. The maximum Gasteiger partial charge on any atom is 0.241 e. The van der Waals surface area contributed by atoms with Crippen LogP contribution < -0.4 is 4.74 Å². The Kier molecular flexibility index (Phi) is 5.80. The number of rotatable bonds is 7. The van der Waals surface area contributed by atoms with E-state index in [1.807, 2.05) is 12.1 Å². The summed E-state index contributed by atoms with van der Waals surface area (Å²) in [6, 6.07) is 3.82. The molecule has 0 aliphatic heterocycles. The maximum absolute atomic E-state index is 6.13. The zero-order chi connectivity index (χ0) is 16.8. The third-order valence-corrected chi connectivity index (χ3v) is 4.56. The molecule has 6 nitrogen and oxygen atoms in total. The zero-order valence-corrected chi connectivity index (χ0v) is 14.6. The van der Waals surface area contributed by atoms with Gasteiger partial charge in [-0.25, -0.2) is 4.98 Å². The van der Waals surface area contributed by atoms with E-state index in [0.717, 1.165) is 31.5 Å². The van der Waals surface area contributed by atoms with E-state index in [9.17, 15) is 0 Å². The monoisotopic (exact) mass is 330 g/mol. The second-order valence-electron chi connectivity index (χ2n) is 6.21. The van der Waals surface area contributed by atoms with Gasteiger partial charge in [0.1, 0.15) is 6.10 Å². The minimum Gasteiger partial charge on any atom is -0.474 e. The van der Waals surface area contributed by atoms with Gasteiger partial charge in [-0.3, -0.25) is 4.90 Å². The van der Waals surface area contributed by atoms with Crippen molar-refractivity contribution in [3.05, 3.63) is 24.2 Å². The van der Waals surface area contributed by atoms with E-state index in [1.165, 1.54) is 19.3 Å². The Bertz CT molecular complexity index is 633. The molecule has 0 unspecified atom stereocenters. The van der Waals surface area contributed by atoms with Gasteiger partial charge in [-0.05, 0) is 50.9 Å². The summed E-state index contributed by atoms with van der Waals surface area (Å²) >= 11 is 0. The Hall–Kier alpha value is -1.95. The highest BCUT2D eigenvalue weighted by Crippen LogP contribution is 2.29. The highest BCUT2D eigenvalue weighted by atomic mass is 16.5. The van der Waals surface area contributed by atoms with E-state index in [2.05, 4.69) is 33.9 Å². The lowest BCUT2D eigenvalue weighted by molar-refractivity contribution is 0.149. The fourth-order valence-electron chi connectivity index (χ4n) is 3.06. The van der Waals surface area contributed by atoms with Crippen LogP contribution in [0.15, 0.2) is 22.9 Å². The van der Waals surface area contributed by atoms with Crippen molar-refractivity contribution in [2.24, 2.45) is 0 Å². The molecule has 1 aliphatic rings. The summed E-state index contributed by atoms with van der Waals surface area (Å²) in [6.07, 6.45) is 7.93. The quantitative estimate of drug-likeness (QED) is 0.771. The average molecular weight is 330 g/mol. The average Bonchev–Trinajstić information content (AvgIpc) is 3.09. The molecule has 0 atom stereocenters. The second kappa shape index (κ2) is 8.24. The van der Waals surface area contributed by atoms with Crippen LogP contribution in [0.25, 0.3) is 11.4 Å². The van der Waals surface area contributed by atoms with Crippen molar-refractivity contribution in [2.45, 2.75) is 58.6 Å². The van der Waals surface area contributed by atoms with Crippen LogP contribution in [0.3, 0.4) is 0 Å². The number of hydrogen-bond acceptors (Lipinski definition) is 6. The summed E-state index contributed by atoms with van der Waals surface area (Å²) in [6.45, 7) is 6.82. The third-order valence-electron chi connectivity index (χ3n) is 4.56.